The number of rotatable bonds is 1. The minimum absolute atomic E-state index is 0.0796. The molecule has 7 rings (SSSR count). The zero-order valence-electron chi connectivity index (χ0n) is 16.4. The molecule has 31 heavy (non-hydrogen) atoms. The number of aromatic amines is 2. The summed E-state index contributed by atoms with van der Waals surface area (Å²) in [5, 5.41) is 4.80. The van der Waals surface area contributed by atoms with Crippen molar-refractivity contribution in [1.29, 1.82) is 0 Å². The maximum Gasteiger partial charge on any atom is 0.258 e. The fraction of sp³-hybridized carbons (Fsp3) is 0. The molecule has 4 nitrogen and oxygen atoms in total. The Hall–Kier alpha value is -4.31. The van der Waals surface area contributed by atoms with E-state index >= 15 is 0 Å². The molecule has 3 heterocycles. The molecular formula is C27H16N2O2. The van der Waals surface area contributed by atoms with E-state index in [0.717, 1.165) is 60.4 Å². The van der Waals surface area contributed by atoms with Gasteiger partial charge in [0.1, 0.15) is 11.2 Å². The lowest BCUT2D eigenvalue weighted by Crippen LogP contribution is -2.05. The van der Waals surface area contributed by atoms with Gasteiger partial charge in [-0.3, -0.25) is 4.79 Å². The maximum atomic E-state index is 13.0. The number of nitrogens with one attached hydrogen (secondary N) is 2. The number of hydrogen-bond donors (Lipinski definition) is 2. The molecule has 0 atom stereocenters. The topological polar surface area (TPSA) is 61.8 Å². The van der Waals surface area contributed by atoms with Gasteiger partial charge in [-0.1, -0.05) is 60.7 Å². The molecule has 4 heteroatoms. The molecule has 0 bridgehead atoms. The Labute approximate surface area is 175 Å². The fourth-order valence-corrected chi connectivity index (χ4v) is 4.90. The van der Waals surface area contributed by atoms with E-state index in [9.17, 15) is 4.79 Å². The van der Waals surface area contributed by atoms with E-state index in [-0.39, 0.29) is 5.56 Å². The van der Waals surface area contributed by atoms with Gasteiger partial charge in [0.25, 0.3) is 5.56 Å². The first-order valence-corrected chi connectivity index (χ1v) is 10.3. The van der Waals surface area contributed by atoms with Crippen LogP contribution in [0.5, 0.6) is 0 Å². The molecule has 7 aromatic rings. The predicted octanol–water partition coefficient (Wildman–Crippen LogP) is 6.73. The Morgan fingerprint density at radius 3 is 2.13 bits per heavy atom. The van der Waals surface area contributed by atoms with Crippen LogP contribution < -0.4 is 5.56 Å². The smallest absolute Gasteiger partial charge is 0.258 e. The highest BCUT2D eigenvalue weighted by Gasteiger charge is 2.18. The lowest BCUT2D eigenvalue weighted by Gasteiger charge is -2.09. The normalized spacial score (nSPS) is 12.0. The Kier molecular flexibility index (Phi) is 3.12. The molecule has 3 aromatic heterocycles. The lowest BCUT2D eigenvalue weighted by atomic mass is 9.95. The molecule has 0 aliphatic heterocycles. The summed E-state index contributed by atoms with van der Waals surface area (Å²) in [5.74, 6) is 0. The Morgan fingerprint density at radius 2 is 1.23 bits per heavy atom. The molecule has 0 amide bonds. The maximum absolute atomic E-state index is 13.0. The predicted molar refractivity (Wildman–Crippen MR) is 127 cm³/mol. The molecule has 2 N–H and O–H groups in total. The molecule has 0 fully saturated rings. The van der Waals surface area contributed by atoms with Crippen LogP contribution in [0.15, 0.2) is 94.1 Å². The average Bonchev–Trinajstić information content (AvgIpc) is 3.37. The van der Waals surface area contributed by atoms with Crippen molar-refractivity contribution < 1.29 is 4.42 Å². The lowest BCUT2D eigenvalue weighted by molar-refractivity contribution is 0.669. The SMILES string of the molecule is O=c1[nH]c2cccc(-c3cccc4oc5ccccc5c34)c2c2[nH]c3ccccc3c12. The third-order valence-electron chi connectivity index (χ3n) is 6.19. The summed E-state index contributed by atoms with van der Waals surface area (Å²) in [6, 6.07) is 28.3. The summed E-state index contributed by atoms with van der Waals surface area (Å²) >= 11 is 0. The van der Waals surface area contributed by atoms with E-state index in [1.165, 1.54) is 0 Å². The number of pyridine rings is 1. The Morgan fingerprint density at radius 1 is 0.548 bits per heavy atom. The van der Waals surface area contributed by atoms with Crippen molar-refractivity contribution in [1.82, 2.24) is 9.97 Å². The molecule has 0 radical (unpaired) electrons. The molecule has 146 valence electrons. The van der Waals surface area contributed by atoms with E-state index in [4.69, 9.17) is 4.42 Å². The van der Waals surface area contributed by atoms with Gasteiger partial charge in [-0.25, -0.2) is 0 Å². The Balaban J connectivity index is 1.71. The van der Waals surface area contributed by atoms with Crippen LogP contribution in [0.1, 0.15) is 0 Å². The van der Waals surface area contributed by atoms with E-state index in [1.54, 1.807) is 0 Å². The van der Waals surface area contributed by atoms with E-state index < -0.39 is 0 Å². The average molecular weight is 400 g/mol. The zero-order chi connectivity index (χ0) is 20.5. The van der Waals surface area contributed by atoms with Gasteiger partial charge < -0.3 is 14.4 Å². The Bertz CT molecular complexity index is 1870. The van der Waals surface area contributed by atoms with E-state index in [2.05, 4.69) is 28.2 Å². The van der Waals surface area contributed by atoms with Gasteiger partial charge in [-0.15, -0.1) is 0 Å². The summed E-state index contributed by atoms with van der Waals surface area (Å²) in [4.78, 5) is 19.6. The second-order valence-electron chi connectivity index (χ2n) is 7.88. The minimum Gasteiger partial charge on any atom is -0.456 e. The van der Waals surface area contributed by atoms with Crippen LogP contribution in [-0.2, 0) is 0 Å². The van der Waals surface area contributed by atoms with Gasteiger partial charge in [0.15, 0.2) is 0 Å². The van der Waals surface area contributed by atoms with E-state index in [1.807, 2.05) is 66.7 Å². The van der Waals surface area contributed by atoms with Crippen molar-refractivity contribution in [2.24, 2.45) is 0 Å². The van der Waals surface area contributed by atoms with Crippen LogP contribution in [-0.4, -0.2) is 9.97 Å². The van der Waals surface area contributed by atoms with Crippen LogP contribution in [0, 0.1) is 0 Å². The van der Waals surface area contributed by atoms with Crippen LogP contribution in [0.2, 0.25) is 0 Å². The summed E-state index contributed by atoms with van der Waals surface area (Å²) in [6.07, 6.45) is 0. The van der Waals surface area contributed by atoms with E-state index in [0.29, 0.717) is 5.39 Å². The molecule has 0 unspecified atom stereocenters. The van der Waals surface area contributed by atoms with Crippen molar-refractivity contribution >= 4 is 54.6 Å². The standard InChI is InChI=1S/C27H16N2O2/c30-27-25-17-7-1-3-11-19(17)28-26(25)24-16(9-5-12-20(24)29-27)15-10-6-14-22-23(15)18-8-2-4-13-21(18)31-22/h1-14,28H,(H,29,30). The highest BCUT2D eigenvalue weighted by atomic mass is 16.3. The van der Waals surface area contributed by atoms with Gasteiger partial charge in [-0.2, -0.15) is 0 Å². The monoisotopic (exact) mass is 400 g/mol. The van der Waals surface area contributed by atoms with Crippen molar-refractivity contribution in [2.45, 2.75) is 0 Å². The summed E-state index contributed by atoms with van der Waals surface area (Å²) in [7, 11) is 0. The van der Waals surface area contributed by atoms with Crippen LogP contribution >= 0.6 is 0 Å². The summed E-state index contributed by atoms with van der Waals surface area (Å²) in [5.41, 5.74) is 6.41. The number of hydrogen-bond acceptors (Lipinski definition) is 2. The number of aromatic nitrogens is 2. The second-order valence-corrected chi connectivity index (χ2v) is 7.88. The third-order valence-corrected chi connectivity index (χ3v) is 6.19. The molecule has 0 saturated heterocycles. The zero-order valence-corrected chi connectivity index (χ0v) is 16.4. The molecular weight excluding hydrogens is 384 g/mol. The van der Waals surface area contributed by atoms with Gasteiger partial charge in [-0.05, 0) is 35.4 Å². The molecule has 0 saturated carbocycles. The largest absolute Gasteiger partial charge is 0.456 e. The van der Waals surface area contributed by atoms with Crippen molar-refractivity contribution in [2.75, 3.05) is 0 Å². The molecule has 0 aliphatic rings. The van der Waals surface area contributed by atoms with Crippen molar-refractivity contribution in [3.05, 3.63) is 95.3 Å². The number of furan rings is 1. The van der Waals surface area contributed by atoms with Crippen LogP contribution in [0.4, 0.5) is 0 Å². The van der Waals surface area contributed by atoms with Gasteiger partial charge in [0.2, 0.25) is 0 Å². The first-order chi connectivity index (χ1) is 15.3. The van der Waals surface area contributed by atoms with Gasteiger partial charge in [0, 0.05) is 27.1 Å². The number of fused-ring (bicyclic) bond motifs is 8. The van der Waals surface area contributed by atoms with Crippen LogP contribution in [0.25, 0.3) is 65.8 Å². The summed E-state index contributed by atoms with van der Waals surface area (Å²) < 4.78 is 6.12. The first-order valence-electron chi connectivity index (χ1n) is 10.3. The molecule has 0 spiro atoms. The quantitative estimate of drug-likeness (QED) is 0.321. The molecule has 0 aliphatic carbocycles. The minimum atomic E-state index is -0.0796. The van der Waals surface area contributed by atoms with Crippen molar-refractivity contribution in [3.8, 4) is 11.1 Å². The third kappa shape index (κ3) is 2.16. The van der Waals surface area contributed by atoms with Crippen molar-refractivity contribution in [3.63, 3.8) is 0 Å². The van der Waals surface area contributed by atoms with Crippen LogP contribution in [0.3, 0.4) is 0 Å². The van der Waals surface area contributed by atoms with Gasteiger partial charge >= 0.3 is 0 Å². The molecule has 4 aromatic carbocycles. The number of H-pyrrole nitrogens is 2. The number of benzene rings is 4. The number of para-hydroxylation sites is 2. The summed E-state index contributed by atoms with van der Waals surface area (Å²) in [6.45, 7) is 0. The van der Waals surface area contributed by atoms with Gasteiger partial charge in [0.05, 0.1) is 16.4 Å². The first kappa shape index (κ1) is 16.5. The highest BCUT2D eigenvalue weighted by molar-refractivity contribution is 6.22. The fourth-order valence-electron chi connectivity index (χ4n) is 4.90. The highest BCUT2D eigenvalue weighted by Crippen LogP contribution is 2.40. The second kappa shape index (κ2) is 5.86.